The highest BCUT2D eigenvalue weighted by atomic mass is 15.0. The fourth-order valence-electron chi connectivity index (χ4n) is 1.95. The average molecular weight is 262 g/mol. The first-order chi connectivity index (χ1) is 9.81. The van der Waals surface area contributed by atoms with Gasteiger partial charge in [0.15, 0.2) is 0 Å². The van der Waals surface area contributed by atoms with Crippen LogP contribution in [0.5, 0.6) is 0 Å². The second-order valence-corrected chi connectivity index (χ2v) is 4.40. The molecule has 4 nitrogen and oxygen atoms in total. The van der Waals surface area contributed by atoms with Gasteiger partial charge in [-0.2, -0.15) is 0 Å². The van der Waals surface area contributed by atoms with Crippen molar-refractivity contribution >= 4 is 17.2 Å². The maximum atomic E-state index is 5.80. The monoisotopic (exact) mass is 262 g/mol. The molecule has 1 aromatic heterocycles. The molecule has 3 N–H and O–H groups in total. The standard InChI is InChI=1S/C16H14N4/c17-13-6-4-5-12(9-13)15-10-16(19-11-18-15)20-14-7-2-1-3-8-14/h1-11H,17H2,(H,18,19,20). The Morgan fingerprint density at radius 3 is 2.50 bits per heavy atom. The van der Waals surface area contributed by atoms with Gasteiger partial charge in [-0.05, 0) is 24.3 Å². The van der Waals surface area contributed by atoms with Crippen molar-refractivity contribution in [2.45, 2.75) is 0 Å². The minimum absolute atomic E-state index is 0.721. The van der Waals surface area contributed by atoms with Crippen LogP contribution in [-0.4, -0.2) is 9.97 Å². The Labute approximate surface area is 117 Å². The predicted octanol–water partition coefficient (Wildman–Crippen LogP) is 3.47. The second-order valence-electron chi connectivity index (χ2n) is 4.40. The molecule has 0 amide bonds. The number of para-hydroxylation sites is 1. The van der Waals surface area contributed by atoms with Crippen LogP contribution in [0.15, 0.2) is 67.0 Å². The molecule has 3 aromatic rings. The highest BCUT2D eigenvalue weighted by Crippen LogP contribution is 2.22. The highest BCUT2D eigenvalue weighted by Gasteiger charge is 2.02. The molecule has 0 atom stereocenters. The summed E-state index contributed by atoms with van der Waals surface area (Å²) in [6.45, 7) is 0. The maximum Gasteiger partial charge on any atom is 0.134 e. The molecule has 98 valence electrons. The van der Waals surface area contributed by atoms with Crippen LogP contribution >= 0.6 is 0 Å². The molecule has 0 aliphatic rings. The molecule has 0 unspecified atom stereocenters. The Hall–Kier alpha value is -2.88. The van der Waals surface area contributed by atoms with Gasteiger partial charge in [-0.1, -0.05) is 30.3 Å². The Morgan fingerprint density at radius 2 is 1.70 bits per heavy atom. The summed E-state index contributed by atoms with van der Waals surface area (Å²) in [6.07, 6.45) is 1.55. The van der Waals surface area contributed by atoms with Gasteiger partial charge in [-0.3, -0.25) is 0 Å². The molecule has 0 fully saturated rings. The number of nitrogens with two attached hydrogens (primary N) is 1. The summed E-state index contributed by atoms with van der Waals surface area (Å²) in [7, 11) is 0. The number of nitrogen functional groups attached to an aromatic ring is 1. The average Bonchev–Trinajstić information content (AvgIpc) is 2.49. The van der Waals surface area contributed by atoms with Gasteiger partial charge in [-0.15, -0.1) is 0 Å². The van der Waals surface area contributed by atoms with Crippen molar-refractivity contribution in [3.05, 3.63) is 67.0 Å². The number of nitrogens with one attached hydrogen (secondary N) is 1. The first-order valence-electron chi connectivity index (χ1n) is 6.31. The molecule has 0 aliphatic carbocycles. The Morgan fingerprint density at radius 1 is 0.850 bits per heavy atom. The number of benzene rings is 2. The van der Waals surface area contributed by atoms with Gasteiger partial charge in [0.1, 0.15) is 12.1 Å². The summed E-state index contributed by atoms with van der Waals surface area (Å²) in [5.74, 6) is 0.753. The van der Waals surface area contributed by atoms with E-state index in [9.17, 15) is 0 Å². The largest absolute Gasteiger partial charge is 0.399 e. The van der Waals surface area contributed by atoms with E-state index < -0.39 is 0 Å². The third kappa shape index (κ3) is 2.75. The van der Waals surface area contributed by atoms with Crippen LogP contribution in [0, 0.1) is 0 Å². The summed E-state index contributed by atoms with van der Waals surface area (Å²) in [6, 6.07) is 19.4. The molecule has 2 aromatic carbocycles. The van der Waals surface area contributed by atoms with Gasteiger partial charge in [-0.25, -0.2) is 9.97 Å². The predicted molar refractivity (Wildman–Crippen MR) is 81.6 cm³/mol. The number of rotatable bonds is 3. The molecular formula is C16H14N4. The minimum atomic E-state index is 0.721. The first-order valence-corrected chi connectivity index (χ1v) is 6.31. The van der Waals surface area contributed by atoms with Crippen LogP contribution in [0.4, 0.5) is 17.2 Å². The van der Waals surface area contributed by atoms with Crippen molar-refractivity contribution in [3.63, 3.8) is 0 Å². The summed E-state index contributed by atoms with van der Waals surface area (Å²) >= 11 is 0. The van der Waals surface area contributed by atoms with Crippen molar-refractivity contribution in [3.8, 4) is 11.3 Å². The lowest BCUT2D eigenvalue weighted by atomic mass is 10.1. The third-order valence-electron chi connectivity index (χ3n) is 2.90. The van der Waals surface area contributed by atoms with E-state index in [1.165, 1.54) is 0 Å². The summed E-state index contributed by atoms with van der Waals surface area (Å²) < 4.78 is 0. The van der Waals surface area contributed by atoms with Gasteiger partial charge < -0.3 is 11.1 Å². The SMILES string of the molecule is Nc1cccc(-c2cc(Nc3ccccc3)ncn2)c1. The van der Waals surface area contributed by atoms with Crippen LogP contribution in [0.25, 0.3) is 11.3 Å². The van der Waals surface area contributed by atoms with E-state index in [-0.39, 0.29) is 0 Å². The van der Waals surface area contributed by atoms with Gasteiger partial charge in [0.2, 0.25) is 0 Å². The van der Waals surface area contributed by atoms with Crippen molar-refractivity contribution in [1.29, 1.82) is 0 Å². The highest BCUT2D eigenvalue weighted by molar-refractivity contribution is 5.67. The summed E-state index contributed by atoms with van der Waals surface area (Å²) in [4.78, 5) is 8.51. The fourth-order valence-corrected chi connectivity index (χ4v) is 1.95. The molecule has 1 heterocycles. The molecule has 0 aliphatic heterocycles. The normalized spacial score (nSPS) is 10.2. The zero-order chi connectivity index (χ0) is 13.8. The van der Waals surface area contributed by atoms with Gasteiger partial charge >= 0.3 is 0 Å². The number of nitrogens with zero attached hydrogens (tertiary/aromatic N) is 2. The van der Waals surface area contributed by atoms with E-state index >= 15 is 0 Å². The van der Waals surface area contributed by atoms with Crippen molar-refractivity contribution in [1.82, 2.24) is 9.97 Å². The number of aromatic nitrogens is 2. The molecule has 0 radical (unpaired) electrons. The van der Waals surface area contributed by atoms with Gasteiger partial charge in [0, 0.05) is 23.0 Å². The minimum Gasteiger partial charge on any atom is -0.399 e. The van der Waals surface area contributed by atoms with E-state index in [1.54, 1.807) is 6.33 Å². The van der Waals surface area contributed by atoms with E-state index in [4.69, 9.17) is 5.73 Å². The number of hydrogen-bond donors (Lipinski definition) is 2. The van der Waals surface area contributed by atoms with E-state index in [1.807, 2.05) is 60.7 Å². The van der Waals surface area contributed by atoms with Crippen molar-refractivity contribution in [2.24, 2.45) is 0 Å². The quantitative estimate of drug-likeness (QED) is 0.709. The molecule has 20 heavy (non-hydrogen) atoms. The van der Waals surface area contributed by atoms with Crippen LogP contribution in [0.1, 0.15) is 0 Å². The summed E-state index contributed by atoms with van der Waals surface area (Å²) in [5, 5.41) is 3.25. The molecule has 4 heteroatoms. The lowest BCUT2D eigenvalue weighted by Gasteiger charge is -2.07. The van der Waals surface area contributed by atoms with Crippen LogP contribution in [-0.2, 0) is 0 Å². The maximum absolute atomic E-state index is 5.80. The van der Waals surface area contributed by atoms with Crippen LogP contribution < -0.4 is 11.1 Å². The molecule has 3 rings (SSSR count). The Kier molecular flexibility index (Phi) is 3.29. The summed E-state index contributed by atoms with van der Waals surface area (Å²) in [5.41, 5.74) is 9.32. The Balaban J connectivity index is 1.90. The fraction of sp³-hybridized carbons (Fsp3) is 0. The van der Waals surface area contributed by atoms with E-state index in [0.29, 0.717) is 0 Å². The molecule has 0 saturated heterocycles. The van der Waals surface area contributed by atoms with Crippen molar-refractivity contribution < 1.29 is 0 Å². The topological polar surface area (TPSA) is 63.8 Å². The molecule has 0 spiro atoms. The lowest BCUT2D eigenvalue weighted by Crippen LogP contribution is -1.95. The number of hydrogen-bond acceptors (Lipinski definition) is 4. The smallest absolute Gasteiger partial charge is 0.134 e. The van der Waals surface area contributed by atoms with Crippen molar-refractivity contribution in [2.75, 3.05) is 11.1 Å². The molecule has 0 saturated carbocycles. The van der Waals surface area contributed by atoms with Gasteiger partial charge in [0.25, 0.3) is 0 Å². The van der Waals surface area contributed by atoms with Gasteiger partial charge in [0.05, 0.1) is 5.69 Å². The Bertz CT molecular complexity index is 710. The van der Waals surface area contributed by atoms with Crippen LogP contribution in [0.3, 0.4) is 0 Å². The first kappa shape index (κ1) is 12.2. The van der Waals surface area contributed by atoms with E-state index in [2.05, 4.69) is 15.3 Å². The van der Waals surface area contributed by atoms with E-state index in [0.717, 1.165) is 28.5 Å². The second kappa shape index (κ2) is 5.40. The third-order valence-corrected chi connectivity index (χ3v) is 2.90. The lowest BCUT2D eigenvalue weighted by molar-refractivity contribution is 1.17. The molecule has 0 bridgehead atoms. The zero-order valence-corrected chi connectivity index (χ0v) is 10.8. The van der Waals surface area contributed by atoms with Crippen LogP contribution in [0.2, 0.25) is 0 Å². The number of anilines is 3. The molecular weight excluding hydrogens is 248 g/mol. The zero-order valence-electron chi connectivity index (χ0n) is 10.8.